The molecule has 14 heavy (non-hydrogen) atoms. The van der Waals surface area contributed by atoms with E-state index in [1.807, 2.05) is 0 Å². The molecule has 78 valence electrons. The molecule has 0 rings (SSSR count). The summed E-state index contributed by atoms with van der Waals surface area (Å²) in [5.41, 5.74) is 10.3. The number of nitrogens with one attached hydrogen (secondary N) is 1. The van der Waals surface area contributed by atoms with E-state index in [1.54, 1.807) is 0 Å². The monoisotopic (exact) mass is 197 g/mol. The van der Waals surface area contributed by atoms with Gasteiger partial charge in [-0.1, -0.05) is 0 Å². The van der Waals surface area contributed by atoms with Gasteiger partial charge in [0.1, 0.15) is 0 Å². The van der Waals surface area contributed by atoms with Crippen LogP contribution in [0.15, 0.2) is 0 Å². The molecule has 0 bridgehead atoms. The quantitative estimate of drug-likeness (QED) is 0.365. The van der Waals surface area contributed by atoms with E-state index in [-0.39, 0.29) is 12.3 Å². The van der Waals surface area contributed by atoms with Crippen molar-refractivity contribution < 1.29 is 9.59 Å². The molecule has 0 aromatic heterocycles. The molecule has 0 saturated carbocycles. The molecule has 0 aromatic rings. The fraction of sp³-hybridized carbons (Fsp3) is 0.556. The van der Waals surface area contributed by atoms with Gasteiger partial charge in [0.15, 0.2) is 0 Å². The van der Waals surface area contributed by atoms with Gasteiger partial charge in [0.25, 0.3) is 0 Å². The number of unbranched alkanes of at least 4 members (excludes halogenated alkanes) is 1. The summed E-state index contributed by atoms with van der Waals surface area (Å²) < 4.78 is 0. The summed E-state index contributed by atoms with van der Waals surface area (Å²) >= 11 is 0. The summed E-state index contributed by atoms with van der Waals surface area (Å²) in [6.45, 7) is 0.468. The SMILES string of the molecule is C#CCCCNC(=O)C(N)CC(N)=O. The van der Waals surface area contributed by atoms with Crippen LogP contribution in [0, 0.1) is 12.3 Å². The second-order valence-electron chi connectivity index (χ2n) is 2.88. The van der Waals surface area contributed by atoms with Crippen LogP contribution >= 0.6 is 0 Å². The molecule has 0 aliphatic rings. The molecule has 0 radical (unpaired) electrons. The molecule has 0 fully saturated rings. The Morgan fingerprint density at radius 1 is 1.50 bits per heavy atom. The number of amides is 2. The van der Waals surface area contributed by atoms with Crippen LogP contribution in [0.25, 0.3) is 0 Å². The molecule has 0 saturated heterocycles. The first-order valence-corrected chi connectivity index (χ1v) is 4.33. The average Bonchev–Trinajstić information content (AvgIpc) is 2.11. The van der Waals surface area contributed by atoms with Crippen molar-refractivity contribution in [3.05, 3.63) is 0 Å². The molecule has 5 N–H and O–H groups in total. The van der Waals surface area contributed by atoms with Crippen molar-refractivity contribution in [3.63, 3.8) is 0 Å². The Morgan fingerprint density at radius 2 is 2.14 bits per heavy atom. The maximum absolute atomic E-state index is 11.1. The lowest BCUT2D eigenvalue weighted by Gasteiger charge is -2.09. The predicted octanol–water partition coefficient (Wildman–Crippen LogP) is -1.28. The molecule has 5 heteroatoms. The Bertz CT molecular complexity index is 245. The third-order valence-electron chi connectivity index (χ3n) is 1.55. The number of carbonyl (C=O) groups excluding carboxylic acids is 2. The van der Waals surface area contributed by atoms with Crippen LogP contribution in [0.3, 0.4) is 0 Å². The van der Waals surface area contributed by atoms with Crippen LogP contribution in [0.2, 0.25) is 0 Å². The van der Waals surface area contributed by atoms with E-state index >= 15 is 0 Å². The fourth-order valence-corrected chi connectivity index (χ4v) is 0.843. The van der Waals surface area contributed by atoms with Crippen LogP contribution in [0.4, 0.5) is 0 Å². The van der Waals surface area contributed by atoms with E-state index in [4.69, 9.17) is 17.9 Å². The van der Waals surface area contributed by atoms with Gasteiger partial charge in [-0.05, 0) is 6.42 Å². The molecule has 2 amide bonds. The van der Waals surface area contributed by atoms with Crippen molar-refractivity contribution >= 4 is 11.8 Å². The topological polar surface area (TPSA) is 98.2 Å². The Balaban J connectivity index is 3.63. The van der Waals surface area contributed by atoms with E-state index in [1.165, 1.54) is 0 Å². The van der Waals surface area contributed by atoms with E-state index < -0.39 is 11.9 Å². The lowest BCUT2D eigenvalue weighted by Crippen LogP contribution is -2.43. The number of nitrogens with two attached hydrogens (primary N) is 2. The first-order valence-electron chi connectivity index (χ1n) is 4.33. The lowest BCUT2D eigenvalue weighted by molar-refractivity contribution is -0.126. The highest BCUT2D eigenvalue weighted by atomic mass is 16.2. The minimum absolute atomic E-state index is 0.138. The molecule has 0 aliphatic carbocycles. The summed E-state index contributed by atoms with van der Waals surface area (Å²) in [6, 6.07) is -0.863. The van der Waals surface area contributed by atoms with Crippen LogP contribution < -0.4 is 16.8 Å². The highest BCUT2D eigenvalue weighted by Crippen LogP contribution is 1.88. The zero-order valence-corrected chi connectivity index (χ0v) is 7.95. The van der Waals surface area contributed by atoms with Crippen molar-refractivity contribution in [2.24, 2.45) is 11.5 Å². The van der Waals surface area contributed by atoms with Crippen LogP contribution in [-0.2, 0) is 9.59 Å². The van der Waals surface area contributed by atoms with Gasteiger partial charge in [0.2, 0.25) is 11.8 Å². The van der Waals surface area contributed by atoms with E-state index in [0.717, 1.165) is 0 Å². The van der Waals surface area contributed by atoms with Crippen LogP contribution in [-0.4, -0.2) is 24.4 Å². The largest absolute Gasteiger partial charge is 0.370 e. The molecule has 5 nitrogen and oxygen atoms in total. The number of hydrogen-bond donors (Lipinski definition) is 3. The van der Waals surface area contributed by atoms with Crippen molar-refractivity contribution in [2.45, 2.75) is 25.3 Å². The number of carbonyl (C=O) groups is 2. The zero-order valence-electron chi connectivity index (χ0n) is 7.95. The first kappa shape index (κ1) is 12.5. The maximum Gasteiger partial charge on any atom is 0.237 e. The molecule has 1 unspecified atom stereocenters. The van der Waals surface area contributed by atoms with Crippen molar-refractivity contribution in [2.75, 3.05) is 6.54 Å². The predicted molar refractivity (Wildman–Crippen MR) is 52.9 cm³/mol. The van der Waals surface area contributed by atoms with Gasteiger partial charge < -0.3 is 16.8 Å². The molecule has 0 aromatic carbocycles. The van der Waals surface area contributed by atoms with Crippen LogP contribution in [0.1, 0.15) is 19.3 Å². The van der Waals surface area contributed by atoms with E-state index in [9.17, 15) is 9.59 Å². The van der Waals surface area contributed by atoms with Gasteiger partial charge in [-0.15, -0.1) is 12.3 Å². The molecule has 0 spiro atoms. The molecule has 0 heterocycles. The van der Waals surface area contributed by atoms with Crippen molar-refractivity contribution in [3.8, 4) is 12.3 Å². The lowest BCUT2D eigenvalue weighted by atomic mass is 10.2. The minimum Gasteiger partial charge on any atom is -0.370 e. The number of rotatable bonds is 6. The summed E-state index contributed by atoms with van der Waals surface area (Å²) in [7, 11) is 0. The summed E-state index contributed by atoms with van der Waals surface area (Å²) in [6.07, 6.45) is 6.19. The third kappa shape index (κ3) is 6.03. The summed E-state index contributed by atoms with van der Waals surface area (Å²) in [5.74, 6) is 1.49. The molecule has 1 atom stereocenters. The normalized spacial score (nSPS) is 11.4. The molecular weight excluding hydrogens is 182 g/mol. The fourth-order valence-electron chi connectivity index (χ4n) is 0.843. The smallest absolute Gasteiger partial charge is 0.237 e. The number of primary amides is 1. The number of terminal acetylenes is 1. The Hall–Kier alpha value is -1.54. The summed E-state index contributed by atoms with van der Waals surface area (Å²) in [5, 5.41) is 2.56. The summed E-state index contributed by atoms with van der Waals surface area (Å²) in [4.78, 5) is 21.6. The zero-order chi connectivity index (χ0) is 11.0. The van der Waals surface area contributed by atoms with Gasteiger partial charge in [-0.2, -0.15) is 0 Å². The number of hydrogen-bond acceptors (Lipinski definition) is 3. The Morgan fingerprint density at radius 3 is 2.64 bits per heavy atom. The van der Waals surface area contributed by atoms with Gasteiger partial charge in [-0.25, -0.2) is 0 Å². The molecule has 0 aliphatic heterocycles. The highest BCUT2D eigenvalue weighted by Gasteiger charge is 2.14. The Kier molecular flexibility index (Phi) is 6.16. The van der Waals surface area contributed by atoms with Crippen molar-refractivity contribution in [1.29, 1.82) is 0 Å². The van der Waals surface area contributed by atoms with E-state index in [2.05, 4.69) is 11.2 Å². The average molecular weight is 197 g/mol. The minimum atomic E-state index is -0.863. The van der Waals surface area contributed by atoms with Gasteiger partial charge >= 0.3 is 0 Å². The van der Waals surface area contributed by atoms with Gasteiger partial charge in [-0.3, -0.25) is 9.59 Å². The first-order chi connectivity index (χ1) is 6.57. The molecular formula is C9H15N3O2. The Labute approximate surface area is 83.2 Å². The second kappa shape index (κ2) is 6.92. The van der Waals surface area contributed by atoms with Gasteiger partial charge in [0, 0.05) is 13.0 Å². The standard InChI is InChI=1S/C9H15N3O2/c1-2-3-4-5-12-9(14)7(10)6-8(11)13/h1,7H,3-6,10H2,(H2,11,13)(H,12,14). The van der Waals surface area contributed by atoms with Crippen LogP contribution in [0.5, 0.6) is 0 Å². The third-order valence-corrected chi connectivity index (χ3v) is 1.55. The van der Waals surface area contributed by atoms with Gasteiger partial charge in [0.05, 0.1) is 12.5 Å². The van der Waals surface area contributed by atoms with Crippen molar-refractivity contribution in [1.82, 2.24) is 5.32 Å². The maximum atomic E-state index is 11.1. The second-order valence-corrected chi connectivity index (χ2v) is 2.88. The highest BCUT2D eigenvalue weighted by molar-refractivity contribution is 5.87. The van der Waals surface area contributed by atoms with E-state index in [0.29, 0.717) is 19.4 Å².